The van der Waals surface area contributed by atoms with Gasteiger partial charge in [0, 0.05) is 53.3 Å². The van der Waals surface area contributed by atoms with Gasteiger partial charge in [-0.25, -0.2) is 0 Å². The first-order valence-corrected chi connectivity index (χ1v) is 2.00. The summed E-state index contributed by atoms with van der Waals surface area (Å²) in [5.74, 6) is 0. The van der Waals surface area contributed by atoms with Crippen molar-refractivity contribution >= 4 is 0 Å². The molecule has 5 heteroatoms. The summed E-state index contributed by atoms with van der Waals surface area (Å²) in [4.78, 5) is 0. The molecule has 0 rings (SSSR count). The van der Waals surface area contributed by atoms with Crippen LogP contribution < -0.4 is 0 Å². The molecule has 0 amide bonds. The van der Waals surface area contributed by atoms with Crippen molar-refractivity contribution in [2.75, 3.05) is 0 Å². The normalized spacial score (nSPS) is 1.40. The summed E-state index contributed by atoms with van der Waals surface area (Å²) >= 11 is 6.25. The smallest absolute Gasteiger partial charge is 0 e. The van der Waals surface area contributed by atoms with E-state index in [9.17, 15) is 0 Å². The average Bonchev–Trinajstić information content (AvgIpc) is 1.00. The van der Waals surface area contributed by atoms with Gasteiger partial charge in [-0.1, -0.05) is 0 Å². The first kappa shape index (κ1) is 25.3. The van der Waals surface area contributed by atoms with E-state index in [0.29, 0.717) is 0 Å². The van der Waals surface area contributed by atoms with Crippen LogP contribution in [0, 0.1) is 0 Å². The van der Waals surface area contributed by atoms with Gasteiger partial charge in [-0.15, -0.1) is 0 Å². The van der Waals surface area contributed by atoms with Gasteiger partial charge in [0.25, 0.3) is 0 Å². The molecule has 0 aromatic rings. The maximum Gasteiger partial charge on any atom is 0 e. The fourth-order valence-corrected chi connectivity index (χ4v) is 0. The summed E-state index contributed by atoms with van der Waals surface area (Å²) in [7, 11) is 0. The summed E-state index contributed by atoms with van der Waals surface area (Å²) in [5.41, 5.74) is 0. The van der Waals surface area contributed by atoms with Crippen molar-refractivity contribution in [3.8, 4) is 0 Å². The second kappa shape index (κ2) is 30.0. The van der Waals surface area contributed by atoms with Crippen LogP contribution in [0.4, 0.5) is 0 Å². The monoisotopic (exact) mass is 332 g/mol. The summed E-state index contributed by atoms with van der Waals surface area (Å²) in [6, 6.07) is 0. The fraction of sp³-hybridized carbons (Fsp3) is 0. The van der Waals surface area contributed by atoms with Crippen molar-refractivity contribution in [2.24, 2.45) is 0 Å². The topological polar surface area (TPSA) is 0 Å². The number of hydrogen-bond donors (Lipinski definition) is 0. The number of rotatable bonds is 0. The molecule has 0 N–H and O–H groups in total. The SMILES string of the molecule is [Co].[Fe].[Fe][Co].[Ru]. The minimum absolute atomic E-state index is 0. The zero-order valence-electron chi connectivity index (χ0n) is 1.73. The molecular formula is Co2Fe2Ru. The van der Waals surface area contributed by atoms with Crippen LogP contribution in [0.25, 0.3) is 0 Å². The molecule has 0 aliphatic carbocycles. The van der Waals surface area contributed by atoms with Gasteiger partial charge in [-0.2, -0.15) is 0 Å². The molecule has 5 heavy (non-hydrogen) atoms. The quantitative estimate of drug-likeness (QED) is 0.548. The molecule has 0 fully saturated rings. The van der Waals surface area contributed by atoms with E-state index in [4.69, 9.17) is 0 Å². The van der Waals surface area contributed by atoms with Crippen molar-refractivity contribution in [1.29, 1.82) is 0 Å². The average molecular weight is 331 g/mol. The third kappa shape index (κ3) is 20.4. The van der Waals surface area contributed by atoms with E-state index in [-0.39, 0.29) is 53.3 Å². The minimum atomic E-state index is 0. The van der Waals surface area contributed by atoms with Gasteiger partial charge in [0.05, 0.1) is 0 Å². The Kier molecular flexibility index (Phi) is 152. The van der Waals surface area contributed by atoms with Crippen molar-refractivity contribution in [1.82, 2.24) is 0 Å². The van der Waals surface area contributed by atoms with Crippen LogP contribution in [0.5, 0.6) is 0 Å². The van der Waals surface area contributed by atoms with Crippen LogP contribution in [0.15, 0.2) is 0 Å². The molecule has 0 bridgehead atoms. The van der Waals surface area contributed by atoms with E-state index in [1.807, 2.05) is 0 Å². The van der Waals surface area contributed by atoms with E-state index < -0.39 is 0 Å². The van der Waals surface area contributed by atoms with Crippen molar-refractivity contribution in [2.45, 2.75) is 0 Å². The summed E-state index contributed by atoms with van der Waals surface area (Å²) in [6.45, 7) is 0. The second-order valence-corrected chi connectivity index (χ2v) is 0. The standard InChI is InChI=1S/2Co.2Fe.Ru. The van der Waals surface area contributed by atoms with E-state index >= 15 is 0 Å². The summed E-state index contributed by atoms with van der Waals surface area (Å²) in [5, 5.41) is 0. The van der Waals surface area contributed by atoms with Crippen molar-refractivity contribution in [3.63, 3.8) is 0 Å². The van der Waals surface area contributed by atoms with E-state index in [0.717, 1.165) is 0 Å². The Morgan fingerprint density at radius 3 is 1.20 bits per heavy atom. The van der Waals surface area contributed by atoms with Crippen LogP contribution in [0.2, 0.25) is 0 Å². The molecule has 1 radical (unpaired) electrons. The molecule has 0 aliphatic rings. The largest absolute Gasteiger partial charge is 0 e. The van der Waals surface area contributed by atoms with Gasteiger partial charge in [-0.3, -0.25) is 0 Å². The minimum Gasteiger partial charge on any atom is 0 e. The van der Waals surface area contributed by atoms with Gasteiger partial charge >= 0.3 is 28.2 Å². The zero-order chi connectivity index (χ0) is 2.00. The Labute approximate surface area is 80.4 Å². The molecule has 0 atom stereocenters. The van der Waals surface area contributed by atoms with Gasteiger partial charge in [0.15, 0.2) is 0 Å². The van der Waals surface area contributed by atoms with Gasteiger partial charge in [0.2, 0.25) is 0 Å². The van der Waals surface area contributed by atoms with Gasteiger partial charge in [0.1, 0.15) is 0 Å². The third-order valence-corrected chi connectivity index (χ3v) is 0. The molecule has 0 nitrogen and oxygen atoms in total. The Morgan fingerprint density at radius 1 is 1.20 bits per heavy atom. The molecule has 0 aromatic heterocycles. The van der Waals surface area contributed by atoms with Gasteiger partial charge < -0.3 is 0 Å². The Bertz CT molecular complexity index is 7.61. The van der Waals surface area contributed by atoms with E-state index in [1.54, 1.807) is 0 Å². The second-order valence-electron chi connectivity index (χ2n) is 0. The van der Waals surface area contributed by atoms with Crippen LogP contribution in [-0.2, 0) is 81.5 Å². The predicted octanol–water partition coefficient (Wildman–Crippen LogP) is -0.0125. The summed E-state index contributed by atoms with van der Waals surface area (Å²) < 4.78 is 0. The molecule has 0 aromatic carbocycles. The van der Waals surface area contributed by atoms with Gasteiger partial charge in [-0.05, 0) is 0 Å². The number of hydrogen-bond acceptors (Lipinski definition) is 0. The maximum atomic E-state index is 3.31. The van der Waals surface area contributed by atoms with Crippen LogP contribution in [0.3, 0.4) is 0 Å². The molecule has 42 valence electrons. The fourth-order valence-electron chi connectivity index (χ4n) is 0. The maximum absolute atomic E-state index is 3.31. The van der Waals surface area contributed by atoms with Crippen LogP contribution in [0.1, 0.15) is 0 Å². The summed E-state index contributed by atoms with van der Waals surface area (Å²) in [6.07, 6.45) is 0. The molecule has 0 aliphatic heterocycles. The molecular weight excluding hydrogens is 331 g/mol. The van der Waals surface area contributed by atoms with Crippen LogP contribution >= 0.6 is 0 Å². The first-order chi connectivity index (χ1) is 1.00. The molecule has 0 unspecified atom stereocenters. The molecule has 0 saturated heterocycles. The van der Waals surface area contributed by atoms with Crippen molar-refractivity contribution in [3.05, 3.63) is 0 Å². The third-order valence-electron chi connectivity index (χ3n) is 0. The zero-order valence-corrected chi connectivity index (χ0v) is 7.76. The first-order valence-electron chi connectivity index (χ1n) is 0.118. The molecule has 0 spiro atoms. The predicted molar refractivity (Wildman–Crippen MR) is 0 cm³/mol. The Balaban J connectivity index is -0.00000000167. The Hall–Kier alpha value is 2.68. The Morgan fingerprint density at radius 2 is 1.20 bits per heavy atom. The van der Waals surface area contributed by atoms with E-state index in [1.165, 1.54) is 0 Å². The van der Waals surface area contributed by atoms with E-state index in [2.05, 4.69) is 28.2 Å². The van der Waals surface area contributed by atoms with Crippen LogP contribution in [-0.4, -0.2) is 0 Å². The molecule has 0 heterocycles. The molecule has 0 saturated carbocycles. The van der Waals surface area contributed by atoms with Crippen molar-refractivity contribution < 1.29 is 81.5 Å².